The molecule has 1 amide bonds. The fourth-order valence-electron chi connectivity index (χ4n) is 6.67. The number of carbonyl (C=O) groups excluding carboxylic acids is 1. The molecule has 3 fully saturated rings. The van der Waals surface area contributed by atoms with E-state index < -0.39 is 0 Å². The van der Waals surface area contributed by atoms with Crippen LogP contribution in [0.5, 0.6) is 0 Å². The largest absolute Gasteiger partial charge is 0.348 e. The van der Waals surface area contributed by atoms with Gasteiger partial charge in [-0.3, -0.25) is 14.7 Å². The molecular weight excluding hydrogens is 444 g/mol. The fraction of sp³-hybridized carbons (Fsp3) is 0.769. The Morgan fingerprint density at radius 3 is 2.47 bits per heavy atom. The minimum atomic E-state index is 0.0756. The van der Waals surface area contributed by atoms with Gasteiger partial charge >= 0.3 is 0 Å². The van der Waals surface area contributed by atoms with E-state index in [0.29, 0.717) is 24.0 Å². The molecule has 5 rings (SSSR count). The van der Waals surface area contributed by atoms with Crippen LogP contribution in [0.25, 0.3) is 0 Å². The van der Waals surface area contributed by atoms with Gasteiger partial charge in [-0.05, 0) is 51.9 Å². The van der Waals surface area contributed by atoms with Crippen molar-refractivity contribution in [2.75, 3.05) is 6.54 Å². The van der Waals surface area contributed by atoms with Crippen LogP contribution in [0.1, 0.15) is 113 Å². The van der Waals surface area contributed by atoms with E-state index in [1.807, 2.05) is 11.7 Å². The van der Waals surface area contributed by atoms with Gasteiger partial charge in [0.25, 0.3) is 0 Å². The number of fused-ring (bicyclic) bond motifs is 2. The highest BCUT2D eigenvalue weighted by Crippen LogP contribution is 2.42. The van der Waals surface area contributed by atoms with E-state index in [1.165, 1.54) is 49.8 Å². The quantitative estimate of drug-likeness (QED) is 0.560. The summed E-state index contributed by atoms with van der Waals surface area (Å²) >= 11 is 1.67. The summed E-state index contributed by atoms with van der Waals surface area (Å²) in [5.74, 6) is 3.02. The summed E-state index contributed by atoms with van der Waals surface area (Å²) in [6.45, 7) is 7.56. The van der Waals surface area contributed by atoms with Gasteiger partial charge in [-0.1, -0.05) is 33.1 Å². The molecule has 7 nitrogen and oxygen atoms in total. The topological polar surface area (TPSA) is 75.9 Å². The number of aryl methyl sites for hydroxylation is 1. The van der Waals surface area contributed by atoms with Gasteiger partial charge in [-0.15, -0.1) is 21.5 Å². The monoisotopic (exact) mass is 484 g/mol. The van der Waals surface area contributed by atoms with E-state index >= 15 is 0 Å². The Morgan fingerprint density at radius 2 is 1.82 bits per heavy atom. The van der Waals surface area contributed by atoms with Gasteiger partial charge in [-0.25, -0.2) is 0 Å². The third-order valence-electron chi connectivity index (χ3n) is 8.40. The molecule has 186 valence electrons. The Balaban J connectivity index is 1.23. The van der Waals surface area contributed by atoms with Crippen LogP contribution < -0.4 is 5.32 Å². The number of aromatic nitrogens is 4. The summed E-state index contributed by atoms with van der Waals surface area (Å²) in [4.78, 5) is 21.3. The Bertz CT molecular complexity index is 937. The van der Waals surface area contributed by atoms with Crippen molar-refractivity contribution < 1.29 is 4.79 Å². The first-order valence-electron chi connectivity index (χ1n) is 13.4. The van der Waals surface area contributed by atoms with Crippen molar-refractivity contribution in [3.63, 3.8) is 0 Å². The zero-order valence-corrected chi connectivity index (χ0v) is 21.8. The fourth-order valence-corrected chi connectivity index (χ4v) is 7.37. The standard InChI is InChI=1S/C26H40N6OS/c1-17(2)25-30-29-18(3)32(25)22-13-20-9-10-21(14-22)31(20)12-11-23(24-15-27-16-34-24)28-26(33)19-7-5-4-6-8-19/h15-17,19-23H,4-14H2,1-3H3,(H,28,33)/t20-,21+,22?,23-/m0/s1. The summed E-state index contributed by atoms with van der Waals surface area (Å²) in [5, 5.41) is 12.3. The molecule has 1 N–H and O–H groups in total. The molecule has 34 heavy (non-hydrogen) atoms. The Labute approximate surface area is 207 Å². The molecule has 8 heteroatoms. The SMILES string of the molecule is Cc1nnc(C(C)C)n1C1C[C@H]2CC[C@@H](C1)N2CC[C@H](NC(=O)C1CCCCC1)c1cncs1. The second-order valence-electron chi connectivity index (χ2n) is 11.0. The summed E-state index contributed by atoms with van der Waals surface area (Å²) in [5.41, 5.74) is 1.89. The number of nitrogens with zero attached hydrogens (tertiary/aromatic N) is 5. The van der Waals surface area contributed by atoms with E-state index in [0.717, 1.165) is 37.5 Å². The highest BCUT2D eigenvalue weighted by atomic mass is 32.1. The number of piperidine rings is 1. The second kappa shape index (κ2) is 10.4. The number of carbonyl (C=O) groups is 1. The van der Waals surface area contributed by atoms with Crippen LogP contribution in [0.15, 0.2) is 11.7 Å². The van der Waals surface area contributed by atoms with Crippen LogP contribution >= 0.6 is 11.3 Å². The van der Waals surface area contributed by atoms with Crippen molar-refractivity contribution in [2.24, 2.45) is 5.92 Å². The zero-order valence-electron chi connectivity index (χ0n) is 20.9. The van der Waals surface area contributed by atoms with Crippen LogP contribution in [-0.2, 0) is 4.79 Å². The summed E-state index contributed by atoms with van der Waals surface area (Å²) in [7, 11) is 0. The van der Waals surface area contributed by atoms with Gasteiger partial charge < -0.3 is 9.88 Å². The molecule has 2 bridgehead atoms. The minimum Gasteiger partial charge on any atom is -0.348 e. The number of amides is 1. The maximum Gasteiger partial charge on any atom is 0.223 e. The molecule has 1 aliphatic carbocycles. The number of hydrogen-bond acceptors (Lipinski definition) is 6. The summed E-state index contributed by atoms with van der Waals surface area (Å²) in [6.07, 6.45) is 13.5. The van der Waals surface area contributed by atoms with Gasteiger partial charge in [0.05, 0.1) is 11.6 Å². The van der Waals surface area contributed by atoms with Crippen molar-refractivity contribution in [3.8, 4) is 0 Å². The Morgan fingerprint density at radius 1 is 1.09 bits per heavy atom. The molecule has 2 aromatic rings. The van der Waals surface area contributed by atoms with Crippen molar-refractivity contribution in [1.82, 2.24) is 30.0 Å². The molecular formula is C26H40N6OS. The van der Waals surface area contributed by atoms with Gasteiger partial charge in [0.15, 0.2) is 0 Å². The van der Waals surface area contributed by atoms with Crippen molar-refractivity contribution in [3.05, 3.63) is 28.2 Å². The molecule has 2 aliphatic heterocycles. The molecule has 0 radical (unpaired) electrons. The molecule has 0 spiro atoms. The molecule has 3 aliphatic rings. The van der Waals surface area contributed by atoms with Gasteiger partial charge in [0.2, 0.25) is 5.91 Å². The average Bonchev–Trinajstić information content (AvgIpc) is 3.55. The first-order valence-corrected chi connectivity index (χ1v) is 14.2. The van der Waals surface area contributed by atoms with Crippen LogP contribution in [0.3, 0.4) is 0 Å². The first-order chi connectivity index (χ1) is 16.5. The lowest BCUT2D eigenvalue weighted by atomic mass is 9.88. The molecule has 2 aromatic heterocycles. The molecule has 2 saturated heterocycles. The van der Waals surface area contributed by atoms with Crippen LogP contribution in [0.2, 0.25) is 0 Å². The van der Waals surface area contributed by atoms with Gasteiger partial charge in [0.1, 0.15) is 11.6 Å². The maximum atomic E-state index is 13.0. The van der Waals surface area contributed by atoms with E-state index in [1.54, 1.807) is 11.3 Å². The Kier molecular flexibility index (Phi) is 7.35. The Hall–Kier alpha value is -1.80. The van der Waals surface area contributed by atoms with Crippen LogP contribution in [0, 0.1) is 12.8 Å². The third kappa shape index (κ3) is 4.94. The van der Waals surface area contributed by atoms with E-state index in [2.05, 4.69) is 50.7 Å². The molecule has 4 heterocycles. The molecule has 4 atom stereocenters. The number of rotatable bonds is 8. The minimum absolute atomic E-state index is 0.0756. The third-order valence-corrected chi connectivity index (χ3v) is 9.29. The summed E-state index contributed by atoms with van der Waals surface area (Å²) < 4.78 is 2.43. The van der Waals surface area contributed by atoms with E-state index in [-0.39, 0.29) is 17.9 Å². The van der Waals surface area contributed by atoms with Gasteiger partial charge in [0, 0.05) is 47.6 Å². The second-order valence-corrected chi connectivity index (χ2v) is 11.9. The predicted octanol–water partition coefficient (Wildman–Crippen LogP) is 5.16. The van der Waals surface area contributed by atoms with E-state index in [4.69, 9.17) is 0 Å². The highest BCUT2D eigenvalue weighted by Gasteiger charge is 2.42. The van der Waals surface area contributed by atoms with E-state index in [9.17, 15) is 4.79 Å². The lowest BCUT2D eigenvalue weighted by Gasteiger charge is -2.40. The lowest BCUT2D eigenvalue weighted by molar-refractivity contribution is -0.126. The smallest absolute Gasteiger partial charge is 0.223 e. The van der Waals surface area contributed by atoms with Crippen LogP contribution in [0.4, 0.5) is 0 Å². The number of thiazole rings is 1. The predicted molar refractivity (Wildman–Crippen MR) is 135 cm³/mol. The lowest BCUT2D eigenvalue weighted by Crippen LogP contribution is -2.45. The average molecular weight is 485 g/mol. The van der Waals surface area contributed by atoms with Gasteiger partial charge in [-0.2, -0.15) is 0 Å². The maximum absolute atomic E-state index is 13.0. The zero-order chi connectivity index (χ0) is 23.7. The highest BCUT2D eigenvalue weighted by molar-refractivity contribution is 7.09. The molecule has 1 saturated carbocycles. The normalized spacial score (nSPS) is 26.8. The van der Waals surface area contributed by atoms with Crippen molar-refractivity contribution >= 4 is 17.2 Å². The number of nitrogens with one attached hydrogen (secondary N) is 1. The van der Waals surface area contributed by atoms with Crippen LogP contribution in [-0.4, -0.2) is 49.2 Å². The first kappa shape index (κ1) is 23.9. The van der Waals surface area contributed by atoms with Crippen molar-refractivity contribution in [2.45, 2.75) is 115 Å². The summed E-state index contributed by atoms with van der Waals surface area (Å²) in [6, 6.07) is 1.81. The van der Waals surface area contributed by atoms with Crippen molar-refractivity contribution in [1.29, 1.82) is 0 Å². The number of hydrogen-bond donors (Lipinski definition) is 1. The molecule has 0 aromatic carbocycles. The molecule has 1 unspecified atom stereocenters.